The molecule has 1 aliphatic heterocycles. The Bertz CT molecular complexity index is 360. The first-order valence-electron chi connectivity index (χ1n) is 6.49. The number of thiophene rings is 1. The number of rotatable bonds is 5. The highest BCUT2D eigenvalue weighted by Crippen LogP contribution is 2.08. The molecule has 2 N–H and O–H groups in total. The number of hydrogen-bond donors (Lipinski definition) is 2. The molecule has 1 fully saturated rings. The van der Waals surface area contributed by atoms with Gasteiger partial charge in [0.05, 0.1) is 6.54 Å². The number of carbonyl (C=O) groups excluding carboxylic acids is 1. The van der Waals surface area contributed by atoms with E-state index in [0.29, 0.717) is 6.54 Å². The fraction of sp³-hybridized carbons (Fsp3) is 0.615. The first-order chi connectivity index (χ1) is 8.75. The van der Waals surface area contributed by atoms with E-state index in [9.17, 15) is 4.79 Å². The molecule has 0 aliphatic carbocycles. The van der Waals surface area contributed by atoms with E-state index < -0.39 is 0 Å². The van der Waals surface area contributed by atoms with Crippen LogP contribution in [-0.2, 0) is 11.3 Å². The minimum Gasteiger partial charge on any atom is -0.351 e. The van der Waals surface area contributed by atoms with Gasteiger partial charge in [-0.15, -0.1) is 11.3 Å². The van der Waals surface area contributed by atoms with Gasteiger partial charge >= 0.3 is 0 Å². The van der Waals surface area contributed by atoms with Crippen LogP contribution in [0.1, 0.15) is 11.8 Å². The van der Waals surface area contributed by atoms with Crippen molar-refractivity contribution in [1.82, 2.24) is 15.5 Å². The fourth-order valence-corrected chi connectivity index (χ4v) is 2.77. The minimum atomic E-state index is 0.0584. The van der Waals surface area contributed by atoms with E-state index in [1.54, 1.807) is 11.3 Å². The molecule has 18 heavy (non-hydrogen) atoms. The molecule has 0 spiro atoms. The van der Waals surface area contributed by atoms with Gasteiger partial charge in [-0.1, -0.05) is 13.0 Å². The summed E-state index contributed by atoms with van der Waals surface area (Å²) in [6.45, 7) is 7.67. The van der Waals surface area contributed by atoms with Crippen LogP contribution in [0.15, 0.2) is 17.5 Å². The number of amides is 1. The van der Waals surface area contributed by atoms with E-state index in [4.69, 9.17) is 0 Å². The standard InChI is InChI=1S/C13H21N3OS/c1-11(10-16-6-4-14-5-7-16)13(17)15-9-12-3-2-8-18-12/h2-3,8,11,14H,4-7,9-10H2,1H3,(H,15,17). The van der Waals surface area contributed by atoms with Crippen LogP contribution in [0.4, 0.5) is 0 Å². The van der Waals surface area contributed by atoms with Gasteiger partial charge in [0.25, 0.3) is 0 Å². The SMILES string of the molecule is CC(CN1CCNCC1)C(=O)NCc1cccs1. The summed E-state index contributed by atoms with van der Waals surface area (Å²) >= 11 is 1.68. The maximum atomic E-state index is 12.0. The summed E-state index contributed by atoms with van der Waals surface area (Å²) in [4.78, 5) is 15.5. The van der Waals surface area contributed by atoms with E-state index in [1.165, 1.54) is 4.88 Å². The molecule has 0 aromatic carbocycles. The van der Waals surface area contributed by atoms with Gasteiger partial charge in [-0.3, -0.25) is 4.79 Å². The largest absolute Gasteiger partial charge is 0.351 e. The molecule has 1 aromatic rings. The molecule has 1 unspecified atom stereocenters. The molecule has 1 amide bonds. The third kappa shape index (κ3) is 4.08. The van der Waals surface area contributed by atoms with Crippen LogP contribution < -0.4 is 10.6 Å². The Hall–Kier alpha value is -0.910. The van der Waals surface area contributed by atoms with Crippen LogP contribution in [0.5, 0.6) is 0 Å². The van der Waals surface area contributed by atoms with Crippen LogP contribution >= 0.6 is 11.3 Å². The van der Waals surface area contributed by atoms with Crippen molar-refractivity contribution in [2.75, 3.05) is 32.7 Å². The highest BCUT2D eigenvalue weighted by Gasteiger charge is 2.18. The highest BCUT2D eigenvalue weighted by molar-refractivity contribution is 7.09. The smallest absolute Gasteiger partial charge is 0.224 e. The summed E-state index contributed by atoms with van der Waals surface area (Å²) in [5.41, 5.74) is 0. The molecular weight excluding hydrogens is 246 g/mol. The highest BCUT2D eigenvalue weighted by atomic mass is 32.1. The van der Waals surface area contributed by atoms with Crippen molar-refractivity contribution in [3.05, 3.63) is 22.4 Å². The molecule has 5 heteroatoms. The molecule has 4 nitrogen and oxygen atoms in total. The second-order valence-corrected chi connectivity index (χ2v) is 5.78. The van der Waals surface area contributed by atoms with Crippen LogP contribution in [0.2, 0.25) is 0 Å². The van der Waals surface area contributed by atoms with Gasteiger partial charge in [0, 0.05) is 43.5 Å². The summed E-state index contributed by atoms with van der Waals surface area (Å²) in [6, 6.07) is 4.06. The molecule has 1 atom stereocenters. The average molecular weight is 267 g/mol. The zero-order valence-corrected chi connectivity index (χ0v) is 11.6. The lowest BCUT2D eigenvalue weighted by Crippen LogP contribution is -2.47. The molecule has 0 bridgehead atoms. The van der Waals surface area contributed by atoms with Crippen molar-refractivity contribution >= 4 is 17.2 Å². The molecule has 2 heterocycles. The first-order valence-corrected chi connectivity index (χ1v) is 7.37. The summed E-state index contributed by atoms with van der Waals surface area (Å²) in [7, 11) is 0. The number of nitrogens with zero attached hydrogens (tertiary/aromatic N) is 1. The molecule has 1 saturated heterocycles. The lowest BCUT2D eigenvalue weighted by atomic mass is 10.1. The van der Waals surface area contributed by atoms with Gasteiger partial charge in [-0.2, -0.15) is 0 Å². The molecule has 0 saturated carbocycles. The van der Waals surface area contributed by atoms with E-state index in [-0.39, 0.29) is 11.8 Å². The topological polar surface area (TPSA) is 44.4 Å². The Kier molecular flexibility index (Phi) is 5.16. The third-order valence-corrected chi connectivity index (χ3v) is 4.08. The van der Waals surface area contributed by atoms with E-state index in [0.717, 1.165) is 32.7 Å². The lowest BCUT2D eigenvalue weighted by molar-refractivity contribution is -0.125. The second-order valence-electron chi connectivity index (χ2n) is 4.75. The predicted octanol–water partition coefficient (Wildman–Crippen LogP) is 0.906. The molecular formula is C13H21N3OS. The monoisotopic (exact) mass is 267 g/mol. The van der Waals surface area contributed by atoms with Crippen molar-refractivity contribution in [3.63, 3.8) is 0 Å². The summed E-state index contributed by atoms with van der Waals surface area (Å²) in [5.74, 6) is 0.213. The van der Waals surface area contributed by atoms with Crippen molar-refractivity contribution in [1.29, 1.82) is 0 Å². The Labute approximate surface area is 112 Å². The molecule has 1 aromatic heterocycles. The minimum absolute atomic E-state index is 0.0584. The van der Waals surface area contributed by atoms with Crippen molar-refractivity contribution in [2.45, 2.75) is 13.5 Å². The van der Waals surface area contributed by atoms with Gasteiger partial charge in [-0.25, -0.2) is 0 Å². The Morgan fingerprint density at radius 1 is 1.56 bits per heavy atom. The quantitative estimate of drug-likeness (QED) is 0.833. The first kappa shape index (κ1) is 13.5. The average Bonchev–Trinajstić information content (AvgIpc) is 2.90. The van der Waals surface area contributed by atoms with Crippen LogP contribution in [0, 0.1) is 5.92 Å². The van der Waals surface area contributed by atoms with Crippen LogP contribution in [-0.4, -0.2) is 43.5 Å². The van der Waals surface area contributed by atoms with Crippen LogP contribution in [0.3, 0.4) is 0 Å². The molecule has 2 rings (SSSR count). The van der Waals surface area contributed by atoms with Gasteiger partial charge in [0.1, 0.15) is 0 Å². The van der Waals surface area contributed by atoms with Crippen molar-refractivity contribution in [3.8, 4) is 0 Å². The third-order valence-electron chi connectivity index (χ3n) is 3.21. The van der Waals surface area contributed by atoms with E-state index in [1.807, 2.05) is 24.4 Å². The van der Waals surface area contributed by atoms with Gasteiger partial charge in [-0.05, 0) is 11.4 Å². The Morgan fingerprint density at radius 2 is 2.33 bits per heavy atom. The predicted molar refractivity (Wildman–Crippen MR) is 74.6 cm³/mol. The zero-order chi connectivity index (χ0) is 12.8. The maximum absolute atomic E-state index is 12.0. The Balaban J connectivity index is 1.70. The van der Waals surface area contributed by atoms with Gasteiger partial charge in [0.15, 0.2) is 0 Å². The van der Waals surface area contributed by atoms with Crippen molar-refractivity contribution in [2.24, 2.45) is 5.92 Å². The normalized spacial score (nSPS) is 18.5. The van der Waals surface area contributed by atoms with Crippen LogP contribution in [0.25, 0.3) is 0 Å². The summed E-state index contributed by atoms with van der Waals surface area (Å²) in [6.07, 6.45) is 0. The molecule has 0 radical (unpaired) electrons. The number of hydrogen-bond acceptors (Lipinski definition) is 4. The summed E-state index contributed by atoms with van der Waals surface area (Å²) < 4.78 is 0. The number of carbonyl (C=O) groups is 1. The number of piperazine rings is 1. The Morgan fingerprint density at radius 3 is 3.00 bits per heavy atom. The second kappa shape index (κ2) is 6.87. The molecule has 1 aliphatic rings. The maximum Gasteiger partial charge on any atom is 0.224 e. The van der Waals surface area contributed by atoms with Crippen molar-refractivity contribution < 1.29 is 4.79 Å². The fourth-order valence-electron chi connectivity index (χ4n) is 2.13. The number of nitrogens with one attached hydrogen (secondary N) is 2. The zero-order valence-electron chi connectivity index (χ0n) is 10.8. The van der Waals surface area contributed by atoms with Gasteiger partial charge < -0.3 is 15.5 Å². The van der Waals surface area contributed by atoms with Gasteiger partial charge in [0.2, 0.25) is 5.91 Å². The molecule has 100 valence electrons. The summed E-state index contributed by atoms with van der Waals surface area (Å²) in [5, 5.41) is 8.36. The van der Waals surface area contributed by atoms with E-state index in [2.05, 4.69) is 15.5 Å². The van der Waals surface area contributed by atoms with E-state index >= 15 is 0 Å². The lowest BCUT2D eigenvalue weighted by Gasteiger charge is -2.29.